The first kappa shape index (κ1) is 20.5. The van der Waals surface area contributed by atoms with E-state index in [1.165, 1.54) is 11.3 Å². The van der Waals surface area contributed by atoms with Crippen LogP contribution in [0, 0.1) is 0 Å². The lowest BCUT2D eigenvalue weighted by molar-refractivity contribution is -0.139. The zero-order chi connectivity index (χ0) is 20.5. The van der Waals surface area contributed by atoms with Crippen LogP contribution in [0.5, 0.6) is 5.75 Å². The van der Waals surface area contributed by atoms with Crippen molar-refractivity contribution in [3.8, 4) is 5.75 Å². The molecule has 0 radical (unpaired) electrons. The number of nitrogens with zero attached hydrogens (tertiary/aromatic N) is 2. The summed E-state index contributed by atoms with van der Waals surface area (Å²) < 4.78 is 5.16. The van der Waals surface area contributed by atoms with Crippen molar-refractivity contribution in [1.82, 2.24) is 9.88 Å². The van der Waals surface area contributed by atoms with Crippen molar-refractivity contribution in [1.29, 1.82) is 0 Å². The van der Waals surface area contributed by atoms with E-state index in [0.29, 0.717) is 31.7 Å². The van der Waals surface area contributed by atoms with Crippen LogP contribution in [0.25, 0.3) is 0 Å². The lowest BCUT2D eigenvalue weighted by atomic mass is 10.1. The zero-order valence-corrected chi connectivity index (χ0v) is 16.7. The van der Waals surface area contributed by atoms with Gasteiger partial charge in [0.1, 0.15) is 5.75 Å². The van der Waals surface area contributed by atoms with Crippen LogP contribution < -0.4 is 4.74 Å². The minimum atomic E-state index is -1.02. The maximum absolute atomic E-state index is 12.9. The standard InChI is InChI=1S/C22H22N2O4S/c25-21(11-8-17-4-2-1-3-5-17)24(13-19-15-29-16-23-19)12-18-6-9-20(10-7-18)28-14-22(26)27/h1-7,9-10,15-16H,8,11-14H2,(H,26,27). The van der Waals surface area contributed by atoms with Gasteiger partial charge in [-0.3, -0.25) is 4.79 Å². The maximum atomic E-state index is 12.9. The van der Waals surface area contributed by atoms with E-state index in [-0.39, 0.29) is 12.5 Å². The molecular weight excluding hydrogens is 388 g/mol. The summed E-state index contributed by atoms with van der Waals surface area (Å²) in [5, 5.41) is 10.6. The van der Waals surface area contributed by atoms with Gasteiger partial charge in [-0.15, -0.1) is 11.3 Å². The van der Waals surface area contributed by atoms with Crippen LogP contribution in [0.3, 0.4) is 0 Å². The Morgan fingerprint density at radius 1 is 1.00 bits per heavy atom. The van der Waals surface area contributed by atoms with E-state index in [0.717, 1.165) is 16.8 Å². The number of amides is 1. The molecule has 0 aliphatic heterocycles. The highest BCUT2D eigenvalue weighted by molar-refractivity contribution is 7.07. The lowest BCUT2D eigenvalue weighted by Crippen LogP contribution is -2.30. The number of benzene rings is 2. The first-order chi connectivity index (χ1) is 14.1. The highest BCUT2D eigenvalue weighted by Gasteiger charge is 2.16. The molecule has 2 aromatic carbocycles. The summed E-state index contributed by atoms with van der Waals surface area (Å²) in [6.45, 7) is 0.520. The number of hydrogen-bond acceptors (Lipinski definition) is 5. The van der Waals surface area contributed by atoms with Gasteiger partial charge in [0.25, 0.3) is 0 Å². The predicted octanol–water partition coefficient (Wildman–Crippen LogP) is 3.77. The van der Waals surface area contributed by atoms with Gasteiger partial charge in [-0.2, -0.15) is 0 Å². The summed E-state index contributed by atoms with van der Waals surface area (Å²) in [7, 11) is 0. The first-order valence-corrected chi connectivity index (χ1v) is 10.2. The second-order valence-electron chi connectivity index (χ2n) is 6.54. The van der Waals surface area contributed by atoms with Crippen molar-refractivity contribution in [3.63, 3.8) is 0 Å². The van der Waals surface area contributed by atoms with Crippen LogP contribution in [0.4, 0.5) is 0 Å². The van der Waals surface area contributed by atoms with E-state index in [9.17, 15) is 9.59 Å². The number of ether oxygens (including phenoxy) is 1. The van der Waals surface area contributed by atoms with Gasteiger partial charge < -0.3 is 14.7 Å². The number of carbonyl (C=O) groups excluding carboxylic acids is 1. The molecule has 150 valence electrons. The van der Waals surface area contributed by atoms with Crippen molar-refractivity contribution in [2.45, 2.75) is 25.9 Å². The van der Waals surface area contributed by atoms with E-state index in [1.54, 1.807) is 22.5 Å². The molecule has 1 amide bonds. The summed E-state index contributed by atoms with van der Waals surface area (Å²) in [6, 6.07) is 17.1. The number of carbonyl (C=O) groups is 2. The topological polar surface area (TPSA) is 79.7 Å². The Hall–Kier alpha value is -3.19. The molecule has 0 aliphatic carbocycles. The molecule has 7 heteroatoms. The van der Waals surface area contributed by atoms with Gasteiger partial charge in [-0.05, 0) is 29.7 Å². The molecule has 1 N–H and O–H groups in total. The van der Waals surface area contributed by atoms with Gasteiger partial charge in [-0.25, -0.2) is 9.78 Å². The van der Waals surface area contributed by atoms with Crippen LogP contribution in [0.1, 0.15) is 23.2 Å². The number of carboxylic acids is 1. The summed E-state index contributed by atoms with van der Waals surface area (Å²) in [6.07, 6.45) is 1.11. The van der Waals surface area contributed by atoms with Gasteiger partial charge in [0.15, 0.2) is 6.61 Å². The molecule has 0 bridgehead atoms. The smallest absolute Gasteiger partial charge is 0.341 e. The molecule has 0 atom stereocenters. The second kappa shape index (κ2) is 10.4. The SMILES string of the molecule is O=C(O)COc1ccc(CN(Cc2cscn2)C(=O)CCc2ccccc2)cc1. The molecule has 29 heavy (non-hydrogen) atoms. The van der Waals surface area contributed by atoms with Gasteiger partial charge in [0, 0.05) is 18.3 Å². The predicted molar refractivity (Wildman–Crippen MR) is 111 cm³/mol. The molecule has 1 heterocycles. The maximum Gasteiger partial charge on any atom is 0.341 e. The number of aromatic nitrogens is 1. The van der Waals surface area contributed by atoms with Gasteiger partial charge in [0.2, 0.25) is 5.91 Å². The fourth-order valence-electron chi connectivity index (χ4n) is 2.85. The number of aryl methyl sites for hydroxylation is 1. The normalized spacial score (nSPS) is 10.5. The summed E-state index contributed by atoms with van der Waals surface area (Å²) in [5.41, 5.74) is 4.70. The van der Waals surface area contributed by atoms with Gasteiger partial charge >= 0.3 is 5.97 Å². The van der Waals surface area contributed by atoms with Crippen molar-refractivity contribution in [2.75, 3.05) is 6.61 Å². The number of aliphatic carboxylic acids is 1. The molecule has 3 aromatic rings. The Bertz CT molecular complexity index is 912. The molecular formula is C22H22N2O4S. The fraction of sp³-hybridized carbons (Fsp3) is 0.227. The molecule has 0 fully saturated rings. The third kappa shape index (κ3) is 6.73. The van der Waals surface area contributed by atoms with E-state index in [1.807, 2.05) is 47.8 Å². The van der Waals surface area contributed by atoms with E-state index in [2.05, 4.69) is 4.98 Å². The van der Waals surface area contributed by atoms with E-state index < -0.39 is 5.97 Å². The van der Waals surface area contributed by atoms with Gasteiger partial charge in [-0.1, -0.05) is 42.5 Å². The van der Waals surface area contributed by atoms with Crippen molar-refractivity contribution in [3.05, 3.63) is 82.3 Å². The van der Waals surface area contributed by atoms with Gasteiger partial charge in [0.05, 0.1) is 17.7 Å². The Balaban J connectivity index is 1.64. The third-order valence-electron chi connectivity index (χ3n) is 4.32. The summed E-state index contributed by atoms with van der Waals surface area (Å²) in [5.74, 6) is -0.474. The number of rotatable bonds is 10. The van der Waals surface area contributed by atoms with Crippen LogP contribution in [-0.2, 0) is 29.1 Å². The average Bonchev–Trinajstić information content (AvgIpc) is 3.25. The molecule has 0 saturated carbocycles. The lowest BCUT2D eigenvalue weighted by Gasteiger charge is -2.22. The largest absolute Gasteiger partial charge is 0.482 e. The van der Waals surface area contributed by atoms with Crippen LogP contribution in [0.2, 0.25) is 0 Å². The van der Waals surface area contributed by atoms with E-state index in [4.69, 9.17) is 9.84 Å². The Morgan fingerprint density at radius 2 is 1.76 bits per heavy atom. The van der Waals surface area contributed by atoms with Crippen molar-refractivity contribution in [2.24, 2.45) is 0 Å². The quantitative estimate of drug-likeness (QED) is 0.550. The zero-order valence-electron chi connectivity index (χ0n) is 15.9. The summed E-state index contributed by atoms with van der Waals surface area (Å²) >= 11 is 1.51. The average molecular weight is 410 g/mol. The van der Waals surface area contributed by atoms with Crippen molar-refractivity contribution < 1.29 is 19.4 Å². The molecule has 0 saturated heterocycles. The Morgan fingerprint density at radius 3 is 2.41 bits per heavy atom. The Kier molecular flexibility index (Phi) is 7.35. The van der Waals surface area contributed by atoms with E-state index >= 15 is 0 Å². The third-order valence-corrected chi connectivity index (χ3v) is 4.95. The molecule has 0 spiro atoms. The highest BCUT2D eigenvalue weighted by atomic mass is 32.1. The minimum absolute atomic E-state index is 0.0630. The number of hydrogen-bond donors (Lipinski definition) is 1. The highest BCUT2D eigenvalue weighted by Crippen LogP contribution is 2.17. The number of carboxylic acid groups (broad SMARTS) is 1. The Labute approximate surface area is 173 Å². The minimum Gasteiger partial charge on any atom is -0.482 e. The summed E-state index contributed by atoms with van der Waals surface area (Å²) in [4.78, 5) is 29.6. The van der Waals surface area contributed by atoms with Crippen LogP contribution in [-0.4, -0.2) is 33.5 Å². The molecule has 0 aliphatic rings. The second-order valence-corrected chi connectivity index (χ2v) is 7.26. The molecule has 6 nitrogen and oxygen atoms in total. The van der Waals surface area contributed by atoms with Crippen LogP contribution in [0.15, 0.2) is 65.5 Å². The van der Waals surface area contributed by atoms with Crippen molar-refractivity contribution >= 4 is 23.2 Å². The molecule has 0 unspecified atom stereocenters. The monoisotopic (exact) mass is 410 g/mol. The molecule has 3 rings (SSSR count). The molecule has 1 aromatic heterocycles. The first-order valence-electron chi connectivity index (χ1n) is 9.22. The van der Waals surface area contributed by atoms with Crippen LogP contribution >= 0.6 is 11.3 Å². The fourth-order valence-corrected chi connectivity index (χ4v) is 3.40. The number of thiazole rings is 1.